The van der Waals surface area contributed by atoms with Gasteiger partial charge < -0.3 is 14.4 Å². The first-order valence-electron chi connectivity index (χ1n) is 7.48. The van der Waals surface area contributed by atoms with E-state index in [1.807, 2.05) is 0 Å². The molecule has 6 nitrogen and oxygen atoms in total. The lowest BCUT2D eigenvalue weighted by atomic mass is 10.2. The van der Waals surface area contributed by atoms with E-state index in [1.54, 1.807) is 24.3 Å². The number of aliphatic carboxylic acids is 1. The summed E-state index contributed by atoms with van der Waals surface area (Å²) in [6.07, 6.45) is -4.82. The van der Waals surface area contributed by atoms with Crippen LogP contribution in [0.3, 0.4) is 0 Å². The molecule has 27 heavy (non-hydrogen) atoms. The van der Waals surface area contributed by atoms with Gasteiger partial charge in [-0.3, -0.25) is 9.59 Å². The lowest BCUT2D eigenvalue weighted by molar-refractivity contribution is -0.274. The molecule has 2 aromatic carbocycles. The molecule has 0 aliphatic carbocycles. The van der Waals surface area contributed by atoms with Gasteiger partial charge in [-0.05, 0) is 36.4 Å². The van der Waals surface area contributed by atoms with Crippen molar-refractivity contribution in [1.29, 1.82) is 0 Å². The van der Waals surface area contributed by atoms with Gasteiger partial charge in [0.2, 0.25) is 0 Å². The number of nitrogens with zero attached hydrogens (tertiary/aromatic N) is 2. The fourth-order valence-corrected chi connectivity index (χ4v) is 3.37. The van der Waals surface area contributed by atoms with Crippen molar-refractivity contribution >= 4 is 33.4 Å². The van der Waals surface area contributed by atoms with E-state index in [4.69, 9.17) is 5.11 Å². The number of rotatable bonds is 4. The second-order valence-electron chi connectivity index (χ2n) is 5.32. The minimum absolute atomic E-state index is 0.0452. The van der Waals surface area contributed by atoms with Gasteiger partial charge in [-0.2, -0.15) is 4.99 Å². The number of thiazole rings is 1. The van der Waals surface area contributed by atoms with E-state index < -0.39 is 24.0 Å². The molecule has 3 rings (SSSR count). The van der Waals surface area contributed by atoms with Crippen LogP contribution in [0.5, 0.6) is 5.75 Å². The smallest absolute Gasteiger partial charge is 0.480 e. The molecule has 0 bridgehead atoms. The zero-order valence-electron chi connectivity index (χ0n) is 13.4. The first-order chi connectivity index (χ1) is 12.7. The van der Waals surface area contributed by atoms with E-state index in [-0.39, 0.29) is 16.9 Å². The van der Waals surface area contributed by atoms with Crippen LogP contribution in [-0.2, 0) is 11.3 Å². The molecule has 0 aliphatic heterocycles. The Morgan fingerprint density at radius 2 is 1.78 bits per heavy atom. The average Bonchev–Trinajstić information content (AvgIpc) is 2.91. The van der Waals surface area contributed by atoms with Crippen molar-refractivity contribution in [1.82, 2.24) is 4.57 Å². The highest BCUT2D eigenvalue weighted by molar-refractivity contribution is 7.16. The summed E-state index contributed by atoms with van der Waals surface area (Å²) in [5, 5.41) is 9.10. The number of aromatic nitrogens is 1. The fourth-order valence-electron chi connectivity index (χ4n) is 2.34. The standard InChI is InChI=1S/C17H11F3N2O4S/c18-17(19,20)26-11-7-5-10(6-8-11)15(25)21-16-22(9-14(23)24)12-3-1-2-4-13(12)27-16/h1-8H,9H2,(H,23,24). The van der Waals surface area contributed by atoms with Crippen LogP contribution in [0.2, 0.25) is 0 Å². The Labute approximate surface area is 153 Å². The molecular weight excluding hydrogens is 385 g/mol. The van der Waals surface area contributed by atoms with Gasteiger partial charge in [0.1, 0.15) is 12.3 Å². The van der Waals surface area contributed by atoms with Crippen LogP contribution in [0.25, 0.3) is 10.2 Å². The maximum absolute atomic E-state index is 12.3. The van der Waals surface area contributed by atoms with E-state index in [9.17, 15) is 22.8 Å². The van der Waals surface area contributed by atoms with E-state index in [0.29, 0.717) is 5.52 Å². The van der Waals surface area contributed by atoms with E-state index >= 15 is 0 Å². The Bertz CT molecular complexity index is 1070. The van der Waals surface area contributed by atoms with Crippen molar-refractivity contribution in [3.05, 3.63) is 58.9 Å². The molecule has 0 atom stereocenters. The number of alkyl halides is 3. The summed E-state index contributed by atoms with van der Waals surface area (Å²) in [6.45, 7) is -0.380. The van der Waals surface area contributed by atoms with Crippen LogP contribution in [0.1, 0.15) is 10.4 Å². The molecule has 0 saturated heterocycles. The van der Waals surface area contributed by atoms with Gasteiger partial charge in [0.25, 0.3) is 5.91 Å². The number of amides is 1. The number of para-hydroxylation sites is 1. The minimum atomic E-state index is -4.82. The Morgan fingerprint density at radius 3 is 2.41 bits per heavy atom. The summed E-state index contributed by atoms with van der Waals surface area (Å²) in [5.74, 6) is -2.26. The number of benzene rings is 2. The molecule has 1 amide bonds. The molecule has 1 heterocycles. The van der Waals surface area contributed by atoms with Crippen molar-refractivity contribution < 1.29 is 32.6 Å². The van der Waals surface area contributed by atoms with Crippen molar-refractivity contribution in [3.8, 4) is 5.75 Å². The van der Waals surface area contributed by atoms with Gasteiger partial charge in [0.15, 0.2) is 4.80 Å². The van der Waals surface area contributed by atoms with Gasteiger partial charge in [0.05, 0.1) is 10.2 Å². The third-order valence-corrected chi connectivity index (χ3v) is 4.47. The van der Waals surface area contributed by atoms with Crippen LogP contribution in [0.15, 0.2) is 53.5 Å². The first-order valence-corrected chi connectivity index (χ1v) is 8.29. The number of carboxylic acid groups (broad SMARTS) is 1. The van der Waals surface area contributed by atoms with Crippen LogP contribution in [0.4, 0.5) is 13.2 Å². The molecule has 10 heteroatoms. The lowest BCUT2D eigenvalue weighted by Crippen LogP contribution is -2.21. The second kappa shape index (κ2) is 7.23. The average molecular weight is 396 g/mol. The summed E-state index contributed by atoms with van der Waals surface area (Å²) in [5.41, 5.74) is 0.661. The number of carbonyl (C=O) groups excluding carboxylic acids is 1. The Morgan fingerprint density at radius 1 is 1.11 bits per heavy atom. The van der Waals surface area contributed by atoms with Crippen molar-refractivity contribution in [2.75, 3.05) is 0 Å². The zero-order valence-corrected chi connectivity index (χ0v) is 14.3. The fraction of sp³-hybridized carbons (Fsp3) is 0.118. The van der Waals surface area contributed by atoms with Crippen molar-refractivity contribution in [3.63, 3.8) is 0 Å². The summed E-state index contributed by atoms with van der Waals surface area (Å²) < 4.78 is 42.4. The Hall–Kier alpha value is -3.14. The van der Waals surface area contributed by atoms with Gasteiger partial charge in [-0.25, -0.2) is 0 Å². The summed E-state index contributed by atoms with van der Waals surface area (Å²) in [7, 11) is 0. The number of carbonyl (C=O) groups is 2. The monoisotopic (exact) mass is 396 g/mol. The predicted molar refractivity (Wildman–Crippen MR) is 90.5 cm³/mol. The van der Waals surface area contributed by atoms with Crippen LogP contribution < -0.4 is 9.54 Å². The third-order valence-electron chi connectivity index (χ3n) is 3.41. The van der Waals surface area contributed by atoms with Crippen LogP contribution in [0, 0.1) is 0 Å². The SMILES string of the molecule is O=C(O)Cn1c(=NC(=O)c2ccc(OC(F)(F)F)cc2)sc2ccccc21. The molecule has 0 radical (unpaired) electrons. The zero-order chi connectivity index (χ0) is 19.6. The van der Waals surface area contributed by atoms with Crippen molar-refractivity contribution in [2.45, 2.75) is 12.9 Å². The molecule has 1 aromatic heterocycles. The molecule has 0 saturated carbocycles. The maximum Gasteiger partial charge on any atom is 0.573 e. The number of halogens is 3. The lowest BCUT2D eigenvalue weighted by Gasteiger charge is -2.08. The third kappa shape index (κ3) is 4.53. The molecule has 0 unspecified atom stereocenters. The van der Waals surface area contributed by atoms with Crippen molar-refractivity contribution in [2.24, 2.45) is 4.99 Å². The van der Waals surface area contributed by atoms with Crippen LogP contribution >= 0.6 is 11.3 Å². The molecule has 0 spiro atoms. The van der Waals surface area contributed by atoms with Crippen LogP contribution in [-0.4, -0.2) is 27.9 Å². The number of hydrogen-bond donors (Lipinski definition) is 1. The highest BCUT2D eigenvalue weighted by atomic mass is 32.1. The van der Waals surface area contributed by atoms with Gasteiger partial charge in [-0.1, -0.05) is 23.5 Å². The highest BCUT2D eigenvalue weighted by Crippen LogP contribution is 2.23. The van der Waals surface area contributed by atoms with Gasteiger partial charge >= 0.3 is 12.3 Å². The van der Waals surface area contributed by atoms with Gasteiger partial charge in [0, 0.05) is 5.56 Å². The minimum Gasteiger partial charge on any atom is -0.480 e. The molecule has 0 fully saturated rings. The predicted octanol–water partition coefficient (Wildman–Crippen LogP) is 3.43. The molecule has 140 valence electrons. The molecule has 3 aromatic rings. The first kappa shape index (κ1) is 18.6. The second-order valence-corrected chi connectivity index (χ2v) is 6.33. The largest absolute Gasteiger partial charge is 0.573 e. The summed E-state index contributed by atoms with van der Waals surface area (Å²) in [4.78, 5) is 27.6. The molecular formula is C17H11F3N2O4S. The highest BCUT2D eigenvalue weighted by Gasteiger charge is 2.31. The number of ether oxygens (including phenoxy) is 1. The number of carboxylic acids is 1. The summed E-state index contributed by atoms with van der Waals surface area (Å²) in [6, 6.07) is 11.3. The topological polar surface area (TPSA) is 80.9 Å². The Balaban J connectivity index is 1.96. The van der Waals surface area contributed by atoms with E-state index in [1.165, 1.54) is 4.57 Å². The van der Waals surface area contributed by atoms with Gasteiger partial charge in [-0.15, -0.1) is 13.2 Å². The summed E-state index contributed by atoms with van der Waals surface area (Å²) >= 11 is 1.14. The molecule has 0 aliphatic rings. The molecule has 1 N–H and O–H groups in total. The maximum atomic E-state index is 12.3. The number of hydrogen-bond acceptors (Lipinski definition) is 4. The number of fused-ring (bicyclic) bond motifs is 1. The quantitative estimate of drug-likeness (QED) is 0.733. The normalized spacial score (nSPS) is 12.3. The van der Waals surface area contributed by atoms with E-state index in [0.717, 1.165) is 40.3 Å². The van der Waals surface area contributed by atoms with E-state index in [2.05, 4.69) is 9.73 Å². The Kier molecular flexibility index (Phi) is 5.00.